The van der Waals surface area contributed by atoms with Gasteiger partial charge in [-0.25, -0.2) is 0 Å². The second-order valence-electron chi connectivity index (χ2n) is 5.33. The quantitative estimate of drug-likeness (QED) is 0.360. The van der Waals surface area contributed by atoms with E-state index in [0.29, 0.717) is 12.6 Å². The number of rotatable bonds is 6. The molecule has 0 bridgehead atoms. The number of para-hydroxylation sites is 1. The largest absolute Gasteiger partial charge is 0.488 e. The van der Waals surface area contributed by atoms with Crippen molar-refractivity contribution in [2.24, 2.45) is 4.99 Å². The van der Waals surface area contributed by atoms with Crippen molar-refractivity contribution in [2.75, 3.05) is 26.7 Å². The van der Waals surface area contributed by atoms with Gasteiger partial charge in [-0.2, -0.15) is 0 Å². The molecule has 2 rings (SSSR count). The van der Waals surface area contributed by atoms with Crippen LogP contribution in [0.5, 0.6) is 5.75 Å². The summed E-state index contributed by atoms with van der Waals surface area (Å²) in [6.07, 6.45) is 2.59. The van der Waals surface area contributed by atoms with E-state index in [4.69, 9.17) is 9.47 Å². The third-order valence-corrected chi connectivity index (χ3v) is 4.12. The van der Waals surface area contributed by atoms with Gasteiger partial charge in [-0.15, -0.1) is 24.0 Å². The zero-order valence-corrected chi connectivity index (χ0v) is 17.5. The molecule has 5 nitrogen and oxygen atoms in total. The van der Waals surface area contributed by atoms with Gasteiger partial charge in [0.05, 0.1) is 17.1 Å². The standard InChI is InChI=1S/C16H24BrN3O2.HI/c1-12(22-15-8-4-3-7-14(15)17)10-19-16(18-2)20-11-13-6-5-9-21-13;/h3-4,7-8,12-13H,5-6,9-11H2,1-2H3,(H2,18,19,20);1H. The van der Waals surface area contributed by atoms with Gasteiger partial charge in [0.1, 0.15) is 11.9 Å². The molecule has 1 saturated heterocycles. The molecule has 1 aromatic carbocycles. The monoisotopic (exact) mass is 497 g/mol. The van der Waals surface area contributed by atoms with Gasteiger partial charge in [-0.1, -0.05) is 12.1 Å². The van der Waals surface area contributed by atoms with Crippen LogP contribution < -0.4 is 15.4 Å². The number of hydrogen-bond acceptors (Lipinski definition) is 3. The lowest BCUT2D eigenvalue weighted by atomic mass is 10.2. The highest BCUT2D eigenvalue weighted by Crippen LogP contribution is 2.24. The zero-order chi connectivity index (χ0) is 15.8. The van der Waals surface area contributed by atoms with Gasteiger partial charge in [0.15, 0.2) is 5.96 Å². The molecule has 0 saturated carbocycles. The molecule has 0 aromatic heterocycles. The van der Waals surface area contributed by atoms with Crippen LogP contribution >= 0.6 is 39.9 Å². The molecular weight excluding hydrogens is 473 g/mol. The van der Waals surface area contributed by atoms with Crippen LogP contribution in [-0.4, -0.2) is 44.9 Å². The first-order valence-corrected chi connectivity index (χ1v) is 8.45. The molecule has 1 aliphatic heterocycles. The lowest BCUT2D eigenvalue weighted by Gasteiger charge is -2.19. The summed E-state index contributed by atoms with van der Waals surface area (Å²) < 4.78 is 12.5. The fraction of sp³-hybridized carbons (Fsp3) is 0.562. The van der Waals surface area contributed by atoms with Gasteiger partial charge in [-0.3, -0.25) is 4.99 Å². The Labute approximate surface area is 163 Å². The van der Waals surface area contributed by atoms with E-state index in [-0.39, 0.29) is 30.1 Å². The summed E-state index contributed by atoms with van der Waals surface area (Å²) in [5.74, 6) is 1.62. The molecule has 130 valence electrons. The molecule has 2 unspecified atom stereocenters. The summed E-state index contributed by atoms with van der Waals surface area (Å²) in [7, 11) is 1.77. The minimum absolute atomic E-state index is 0. The summed E-state index contributed by atoms with van der Waals surface area (Å²) in [6.45, 7) is 4.36. The predicted molar refractivity (Wildman–Crippen MR) is 108 cm³/mol. The number of ether oxygens (including phenoxy) is 2. The van der Waals surface area contributed by atoms with Crippen molar-refractivity contribution >= 4 is 45.9 Å². The predicted octanol–water partition coefficient (Wildman–Crippen LogP) is 3.18. The number of benzene rings is 1. The molecular formula is C16H25BrIN3O2. The van der Waals surface area contributed by atoms with Crippen molar-refractivity contribution in [3.63, 3.8) is 0 Å². The fourth-order valence-corrected chi connectivity index (χ4v) is 2.65. The van der Waals surface area contributed by atoms with Crippen LogP contribution in [0.25, 0.3) is 0 Å². The summed E-state index contributed by atoms with van der Waals surface area (Å²) in [5, 5.41) is 6.57. The molecule has 2 atom stereocenters. The van der Waals surface area contributed by atoms with Crippen LogP contribution in [-0.2, 0) is 4.74 Å². The lowest BCUT2D eigenvalue weighted by Crippen LogP contribution is -2.44. The SMILES string of the molecule is CN=C(NCC(C)Oc1ccccc1Br)NCC1CCCO1.I. The Kier molecular flexibility index (Phi) is 9.89. The molecule has 1 aromatic rings. The van der Waals surface area contributed by atoms with E-state index < -0.39 is 0 Å². The molecule has 2 N–H and O–H groups in total. The molecule has 1 heterocycles. The van der Waals surface area contributed by atoms with Gasteiger partial charge < -0.3 is 20.1 Å². The van der Waals surface area contributed by atoms with E-state index in [1.165, 1.54) is 0 Å². The second kappa shape index (κ2) is 11.1. The summed E-state index contributed by atoms with van der Waals surface area (Å²) in [5.41, 5.74) is 0. The minimum Gasteiger partial charge on any atom is -0.488 e. The average molecular weight is 498 g/mol. The first kappa shape index (κ1) is 20.5. The topological polar surface area (TPSA) is 54.9 Å². The van der Waals surface area contributed by atoms with E-state index in [1.54, 1.807) is 7.05 Å². The van der Waals surface area contributed by atoms with Crippen molar-refractivity contribution < 1.29 is 9.47 Å². The van der Waals surface area contributed by atoms with Gasteiger partial charge in [-0.05, 0) is 47.8 Å². The van der Waals surface area contributed by atoms with Crippen LogP contribution in [0.4, 0.5) is 0 Å². The maximum Gasteiger partial charge on any atom is 0.191 e. The number of hydrogen-bond donors (Lipinski definition) is 2. The lowest BCUT2D eigenvalue weighted by molar-refractivity contribution is 0.113. The van der Waals surface area contributed by atoms with Crippen LogP contribution in [0.1, 0.15) is 19.8 Å². The van der Waals surface area contributed by atoms with E-state index >= 15 is 0 Å². The van der Waals surface area contributed by atoms with E-state index in [9.17, 15) is 0 Å². The molecule has 1 fully saturated rings. The molecule has 0 radical (unpaired) electrons. The second-order valence-corrected chi connectivity index (χ2v) is 6.18. The Morgan fingerprint density at radius 3 is 2.87 bits per heavy atom. The van der Waals surface area contributed by atoms with Gasteiger partial charge in [0.2, 0.25) is 0 Å². The third-order valence-electron chi connectivity index (χ3n) is 3.47. The van der Waals surface area contributed by atoms with Crippen molar-refractivity contribution in [1.82, 2.24) is 10.6 Å². The highest BCUT2D eigenvalue weighted by atomic mass is 127. The summed E-state index contributed by atoms with van der Waals surface area (Å²) in [4.78, 5) is 4.22. The molecule has 1 aliphatic rings. The first-order valence-electron chi connectivity index (χ1n) is 7.66. The number of guanidine groups is 1. The highest BCUT2D eigenvalue weighted by Gasteiger charge is 2.15. The Bertz CT molecular complexity index is 496. The number of aliphatic imine (C=N–C) groups is 1. The normalized spacial score (nSPS) is 18.9. The van der Waals surface area contributed by atoms with Gasteiger partial charge >= 0.3 is 0 Å². The molecule has 23 heavy (non-hydrogen) atoms. The molecule has 7 heteroatoms. The van der Waals surface area contributed by atoms with Crippen molar-refractivity contribution in [3.8, 4) is 5.75 Å². The Morgan fingerprint density at radius 1 is 1.43 bits per heavy atom. The van der Waals surface area contributed by atoms with Gasteiger partial charge in [0.25, 0.3) is 0 Å². The Balaban J connectivity index is 0.00000264. The van der Waals surface area contributed by atoms with E-state index in [0.717, 1.165) is 42.2 Å². The maximum absolute atomic E-state index is 5.90. The molecule has 0 spiro atoms. The number of halogens is 2. The molecule has 0 aliphatic carbocycles. The van der Waals surface area contributed by atoms with Crippen LogP contribution in [0, 0.1) is 0 Å². The van der Waals surface area contributed by atoms with Gasteiger partial charge in [0, 0.05) is 20.2 Å². The summed E-state index contributed by atoms with van der Waals surface area (Å²) >= 11 is 3.49. The van der Waals surface area contributed by atoms with E-state index in [1.807, 2.05) is 31.2 Å². The fourth-order valence-electron chi connectivity index (χ4n) is 2.28. The maximum atomic E-state index is 5.90. The van der Waals surface area contributed by atoms with Crippen LogP contribution in [0.2, 0.25) is 0 Å². The zero-order valence-electron chi connectivity index (χ0n) is 13.5. The highest BCUT2D eigenvalue weighted by molar-refractivity contribution is 14.0. The minimum atomic E-state index is 0. The molecule has 0 amide bonds. The van der Waals surface area contributed by atoms with Crippen molar-refractivity contribution in [2.45, 2.75) is 32.0 Å². The number of nitrogens with one attached hydrogen (secondary N) is 2. The number of nitrogens with zero attached hydrogens (tertiary/aromatic N) is 1. The Morgan fingerprint density at radius 2 is 2.22 bits per heavy atom. The van der Waals surface area contributed by atoms with Crippen LogP contribution in [0.3, 0.4) is 0 Å². The first-order chi connectivity index (χ1) is 10.7. The van der Waals surface area contributed by atoms with Crippen molar-refractivity contribution in [3.05, 3.63) is 28.7 Å². The van der Waals surface area contributed by atoms with E-state index in [2.05, 4.69) is 31.6 Å². The average Bonchev–Trinajstić information content (AvgIpc) is 3.03. The Hall–Kier alpha value is -0.540. The van der Waals surface area contributed by atoms with Crippen LogP contribution in [0.15, 0.2) is 33.7 Å². The third kappa shape index (κ3) is 7.26. The smallest absolute Gasteiger partial charge is 0.191 e. The summed E-state index contributed by atoms with van der Waals surface area (Å²) in [6, 6.07) is 7.85. The van der Waals surface area contributed by atoms with Crippen molar-refractivity contribution in [1.29, 1.82) is 0 Å².